The molecule has 2 aliphatic heterocycles. The molecule has 51 heavy (non-hydrogen) atoms. The van der Waals surface area contributed by atoms with Gasteiger partial charge in [-0.2, -0.15) is 0 Å². The molecule has 4 heterocycles. The van der Waals surface area contributed by atoms with Crippen molar-refractivity contribution >= 4 is 66.1 Å². The Hall–Kier alpha value is -6.65. The molecule has 7 aromatic carbocycles. The van der Waals surface area contributed by atoms with E-state index in [-0.39, 0.29) is 6.04 Å². The van der Waals surface area contributed by atoms with Gasteiger partial charge in [-0.05, 0) is 86.3 Å². The van der Waals surface area contributed by atoms with Gasteiger partial charge in [0.1, 0.15) is 0 Å². The van der Waals surface area contributed by atoms with Crippen molar-refractivity contribution in [2.75, 3.05) is 4.90 Å². The van der Waals surface area contributed by atoms with Crippen molar-refractivity contribution < 1.29 is 0 Å². The fourth-order valence-corrected chi connectivity index (χ4v) is 8.24. The topological polar surface area (TPSA) is 41.4 Å². The Bertz CT molecular complexity index is 2910. The third-order valence-corrected chi connectivity index (χ3v) is 10.8. The Morgan fingerprint density at radius 2 is 1.20 bits per heavy atom. The Balaban J connectivity index is 0.950. The van der Waals surface area contributed by atoms with Crippen molar-refractivity contribution in [3.05, 3.63) is 175 Å². The van der Waals surface area contributed by atoms with Gasteiger partial charge >= 0.3 is 0 Å². The molecular formula is C47H30N4. The van der Waals surface area contributed by atoms with E-state index in [0.29, 0.717) is 0 Å². The molecule has 0 spiro atoms. The maximum absolute atomic E-state index is 5.24. The molecule has 4 heteroatoms. The summed E-state index contributed by atoms with van der Waals surface area (Å²) in [4.78, 5) is 17.5. The minimum Gasteiger partial charge on any atom is -0.330 e. The lowest BCUT2D eigenvalue weighted by molar-refractivity contribution is 0.862. The molecule has 0 saturated heterocycles. The first-order chi connectivity index (χ1) is 25.2. The van der Waals surface area contributed by atoms with Crippen LogP contribution in [0.15, 0.2) is 169 Å². The maximum Gasteiger partial charge on any atom is 0.0972 e. The molecule has 0 amide bonds. The number of nitrogens with zero attached hydrogens (tertiary/aromatic N) is 4. The summed E-state index contributed by atoms with van der Waals surface area (Å²) >= 11 is 0. The van der Waals surface area contributed by atoms with E-state index in [0.717, 1.165) is 50.9 Å². The smallest absolute Gasteiger partial charge is 0.0972 e. The Morgan fingerprint density at radius 1 is 0.490 bits per heavy atom. The van der Waals surface area contributed by atoms with Gasteiger partial charge in [0.2, 0.25) is 0 Å². The zero-order valence-corrected chi connectivity index (χ0v) is 27.7. The summed E-state index contributed by atoms with van der Waals surface area (Å²) in [5.74, 6) is 0. The van der Waals surface area contributed by atoms with Gasteiger partial charge in [-0.1, -0.05) is 115 Å². The summed E-state index contributed by atoms with van der Waals surface area (Å²) in [6.45, 7) is 0. The number of aromatic nitrogens is 2. The number of aliphatic imine (C=N–C) groups is 1. The standard InChI is InChI=1S/C47H30N4/c1-3-9-42-37(6-1)28-44-45(50-41-8-2-4-10-43(41)51(42)44)32-15-11-29(12-16-32)34-19-13-30-14-20-35-26-36(21-23-38(35)39(30)27-34)40-24-22-33-18-17-31-7-5-25-48-46(31)47(33)49-40/h1-27,44H,28H2. The Morgan fingerprint density at radius 3 is 2.12 bits per heavy atom. The SMILES string of the molecule is c1ccc2c(c1)CC1C(c3ccc(-c4ccc5ccc6cc(-c7ccc8ccc9cccnc9c8n7)ccc6c5c4)cc3)=Nc3ccccc3N21. The van der Waals surface area contributed by atoms with E-state index < -0.39 is 0 Å². The second kappa shape index (κ2) is 10.9. The molecule has 0 N–H and O–H groups in total. The number of para-hydroxylation sites is 3. The molecule has 0 fully saturated rings. The molecule has 2 aliphatic rings. The summed E-state index contributed by atoms with van der Waals surface area (Å²) in [7, 11) is 0. The highest BCUT2D eigenvalue weighted by Gasteiger charge is 2.38. The first kappa shape index (κ1) is 28.2. The van der Waals surface area contributed by atoms with E-state index in [9.17, 15) is 0 Å². The number of hydrogen-bond acceptors (Lipinski definition) is 4. The van der Waals surface area contributed by atoms with Gasteiger partial charge in [-0.25, -0.2) is 9.98 Å². The second-order valence-electron chi connectivity index (χ2n) is 13.6. The van der Waals surface area contributed by atoms with E-state index in [1.807, 2.05) is 12.3 Å². The predicted molar refractivity (Wildman–Crippen MR) is 212 cm³/mol. The molecule has 11 rings (SSSR count). The highest BCUT2D eigenvalue weighted by atomic mass is 15.2. The van der Waals surface area contributed by atoms with Crippen molar-refractivity contribution in [2.45, 2.75) is 12.5 Å². The molecule has 2 aromatic heterocycles. The van der Waals surface area contributed by atoms with Gasteiger partial charge in [0.25, 0.3) is 0 Å². The van der Waals surface area contributed by atoms with Crippen LogP contribution in [0.3, 0.4) is 0 Å². The average Bonchev–Trinajstić information content (AvgIpc) is 3.60. The molecule has 0 saturated carbocycles. The van der Waals surface area contributed by atoms with Gasteiger partial charge in [0, 0.05) is 34.6 Å². The van der Waals surface area contributed by atoms with Crippen LogP contribution in [-0.2, 0) is 6.42 Å². The number of pyridine rings is 2. The predicted octanol–water partition coefficient (Wildman–Crippen LogP) is 11.6. The molecule has 0 radical (unpaired) electrons. The van der Waals surface area contributed by atoms with Gasteiger partial charge in [-0.15, -0.1) is 0 Å². The number of fused-ring (bicyclic) bond motifs is 11. The van der Waals surface area contributed by atoms with Gasteiger partial charge < -0.3 is 4.90 Å². The zero-order valence-electron chi connectivity index (χ0n) is 27.7. The summed E-state index contributed by atoms with van der Waals surface area (Å²) in [5.41, 5.74) is 13.5. The lowest BCUT2D eigenvalue weighted by Crippen LogP contribution is -2.38. The van der Waals surface area contributed by atoms with Crippen LogP contribution < -0.4 is 4.90 Å². The second-order valence-corrected chi connectivity index (χ2v) is 13.6. The van der Waals surface area contributed by atoms with Gasteiger partial charge in [0.05, 0.1) is 39.9 Å². The van der Waals surface area contributed by atoms with E-state index in [2.05, 4.69) is 162 Å². The summed E-state index contributed by atoms with van der Waals surface area (Å²) in [6, 6.07) is 57.0. The summed E-state index contributed by atoms with van der Waals surface area (Å²) in [6.07, 6.45) is 2.79. The fourth-order valence-electron chi connectivity index (χ4n) is 8.24. The first-order valence-corrected chi connectivity index (χ1v) is 17.5. The van der Waals surface area contributed by atoms with Crippen LogP contribution in [0, 0.1) is 0 Å². The Labute approximate surface area is 295 Å². The third-order valence-electron chi connectivity index (χ3n) is 10.8. The van der Waals surface area contributed by atoms with Crippen LogP contribution in [0.1, 0.15) is 11.1 Å². The number of rotatable bonds is 3. The number of hydrogen-bond donors (Lipinski definition) is 0. The molecule has 238 valence electrons. The molecule has 1 atom stereocenters. The molecule has 0 bridgehead atoms. The number of anilines is 2. The van der Waals surface area contributed by atoms with Crippen LogP contribution in [-0.4, -0.2) is 21.7 Å². The van der Waals surface area contributed by atoms with Crippen LogP contribution in [0.2, 0.25) is 0 Å². The number of benzene rings is 7. The van der Waals surface area contributed by atoms with Crippen molar-refractivity contribution in [3.8, 4) is 22.4 Å². The minimum absolute atomic E-state index is 0.181. The van der Waals surface area contributed by atoms with Crippen molar-refractivity contribution in [3.63, 3.8) is 0 Å². The Kier molecular flexibility index (Phi) is 6.05. The van der Waals surface area contributed by atoms with Crippen LogP contribution in [0.4, 0.5) is 17.1 Å². The molecule has 1 unspecified atom stereocenters. The lowest BCUT2D eigenvalue weighted by atomic mass is 9.93. The normalized spacial score (nSPS) is 14.9. The van der Waals surface area contributed by atoms with Crippen LogP contribution >= 0.6 is 0 Å². The van der Waals surface area contributed by atoms with E-state index >= 15 is 0 Å². The van der Waals surface area contributed by atoms with E-state index in [4.69, 9.17) is 9.98 Å². The van der Waals surface area contributed by atoms with Gasteiger partial charge in [-0.3, -0.25) is 4.98 Å². The van der Waals surface area contributed by atoms with E-state index in [1.54, 1.807) is 0 Å². The summed E-state index contributed by atoms with van der Waals surface area (Å²) in [5, 5.41) is 7.11. The highest BCUT2D eigenvalue weighted by Crippen LogP contribution is 2.46. The fraction of sp³-hybridized carbons (Fsp3) is 0.0426. The largest absolute Gasteiger partial charge is 0.330 e. The maximum atomic E-state index is 5.24. The van der Waals surface area contributed by atoms with Crippen molar-refractivity contribution in [1.29, 1.82) is 0 Å². The average molecular weight is 651 g/mol. The minimum atomic E-state index is 0.181. The molecule has 0 aliphatic carbocycles. The third kappa shape index (κ3) is 4.43. The van der Waals surface area contributed by atoms with Crippen LogP contribution in [0.25, 0.3) is 65.7 Å². The zero-order chi connectivity index (χ0) is 33.5. The molecular weight excluding hydrogens is 621 g/mol. The van der Waals surface area contributed by atoms with Gasteiger partial charge in [0.15, 0.2) is 0 Å². The van der Waals surface area contributed by atoms with Crippen LogP contribution in [0.5, 0.6) is 0 Å². The van der Waals surface area contributed by atoms with Crippen molar-refractivity contribution in [2.24, 2.45) is 4.99 Å². The quantitative estimate of drug-likeness (QED) is 0.179. The molecule has 9 aromatic rings. The monoisotopic (exact) mass is 650 g/mol. The summed E-state index contributed by atoms with van der Waals surface area (Å²) < 4.78 is 0. The van der Waals surface area contributed by atoms with E-state index in [1.165, 1.54) is 55.2 Å². The van der Waals surface area contributed by atoms with Crippen molar-refractivity contribution in [1.82, 2.24) is 9.97 Å². The lowest BCUT2D eigenvalue weighted by Gasteiger charge is -2.33. The first-order valence-electron chi connectivity index (χ1n) is 17.5. The highest BCUT2D eigenvalue weighted by molar-refractivity contribution is 6.13. The molecule has 4 nitrogen and oxygen atoms in total.